The van der Waals surface area contributed by atoms with Crippen LogP contribution < -0.4 is 0 Å². The van der Waals surface area contributed by atoms with Gasteiger partial charge in [-0.1, -0.05) is 183 Å². The predicted octanol–water partition coefficient (Wildman–Crippen LogP) is 12.4. The molecule has 0 radical (unpaired) electrons. The topological polar surface area (TPSA) is 169 Å². The van der Waals surface area contributed by atoms with Crippen molar-refractivity contribution < 1.29 is 53.8 Å². The van der Waals surface area contributed by atoms with Crippen LogP contribution in [0.15, 0.2) is 72.9 Å². The molecule has 1 fully saturated rings. The minimum absolute atomic E-state index is 0.170. The fourth-order valence-electron chi connectivity index (χ4n) is 7.49. The van der Waals surface area contributed by atoms with Gasteiger partial charge in [-0.25, -0.2) is 4.79 Å². The van der Waals surface area contributed by atoms with Crippen LogP contribution in [0.5, 0.6) is 0 Å². The van der Waals surface area contributed by atoms with Crippen molar-refractivity contribution in [2.24, 2.45) is 0 Å². The lowest BCUT2D eigenvalue weighted by Gasteiger charge is -2.38. The van der Waals surface area contributed by atoms with Crippen LogP contribution in [0.2, 0.25) is 0 Å². The molecule has 0 aromatic heterocycles. The number of aliphatic carboxylic acids is 1. The van der Waals surface area contributed by atoms with E-state index in [0.717, 1.165) is 89.9 Å². The van der Waals surface area contributed by atoms with Crippen LogP contribution in [0.4, 0.5) is 0 Å². The fourth-order valence-corrected chi connectivity index (χ4v) is 7.49. The quantitative estimate of drug-likeness (QED) is 0.0261. The largest absolute Gasteiger partial charge is 0.479 e. The molecule has 378 valence electrons. The van der Waals surface area contributed by atoms with E-state index in [1.54, 1.807) is 0 Å². The lowest BCUT2D eigenvalue weighted by atomic mass is 9.99. The van der Waals surface area contributed by atoms with Crippen LogP contribution in [-0.2, 0) is 33.3 Å². The van der Waals surface area contributed by atoms with E-state index >= 15 is 0 Å². The number of hydrogen-bond acceptors (Lipinski definition) is 10. The lowest BCUT2D eigenvalue weighted by Crippen LogP contribution is -2.60. The number of ether oxygens (including phenoxy) is 4. The molecule has 66 heavy (non-hydrogen) atoms. The number of carbonyl (C=O) groups is 3. The summed E-state index contributed by atoms with van der Waals surface area (Å²) in [6.07, 6.45) is 48.0. The zero-order valence-electron chi connectivity index (χ0n) is 41.2. The van der Waals surface area contributed by atoms with Crippen LogP contribution in [0.25, 0.3) is 0 Å². The van der Waals surface area contributed by atoms with Crippen molar-refractivity contribution in [3.63, 3.8) is 0 Å². The molecule has 4 N–H and O–H groups in total. The number of carbonyl (C=O) groups excluding carboxylic acids is 2. The molecule has 0 amide bonds. The molecule has 0 aromatic carbocycles. The molecular weight excluding hydrogens is 837 g/mol. The molecule has 0 saturated carbocycles. The number of carboxylic acids is 1. The van der Waals surface area contributed by atoms with Crippen molar-refractivity contribution in [2.45, 2.75) is 243 Å². The zero-order chi connectivity index (χ0) is 48.1. The van der Waals surface area contributed by atoms with Crippen molar-refractivity contribution >= 4 is 17.9 Å². The van der Waals surface area contributed by atoms with Crippen molar-refractivity contribution in [3.8, 4) is 0 Å². The van der Waals surface area contributed by atoms with Crippen LogP contribution in [0.1, 0.15) is 206 Å². The van der Waals surface area contributed by atoms with E-state index in [2.05, 4.69) is 86.8 Å². The average molecular weight is 929 g/mol. The highest BCUT2D eigenvalue weighted by Crippen LogP contribution is 2.23. The number of allylic oxidation sites excluding steroid dienone is 12. The van der Waals surface area contributed by atoms with Crippen molar-refractivity contribution in [3.05, 3.63) is 72.9 Å². The highest BCUT2D eigenvalue weighted by atomic mass is 16.7. The second-order valence-electron chi connectivity index (χ2n) is 17.6. The third-order valence-electron chi connectivity index (χ3n) is 11.5. The Bertz CT molecular complexity index is 1370. The van der Waals surface area contributed by atoms with Gasteiger partial charge in [0, 0.05) is 12.8 Å². The van der Waals surface area contributed by atoms with Crippen LogP contribution >= 0.6 is 0 Å². The summed E-state index contributed by atoms with van der Waals surface area (Å²) in [6.45, 7) is 3.68. The van der Waals surface area contributed by atoms with Gasteiger partial charge in [0.1, 0.15) is 24.9 Å². The van der Waals surface area contributed by atoms with Crippen LogP contribution in [0, 0.1) is 0 Å². The molecule has 1 rings (SSSR count). The molecule has 1 aliphatic rings. The SMILES string of the molecule is CC/C=C\C/C=C\C/C=C\C/C=C\CCCCCCCCCCCCC(=O)OCC(COC1OC(C(=O)O)C(O)C(O)C1O)OC(=O)CCCCCCCCC/C=C\C/C=C\CCCCC. The summed E-state index contributed by atoms with van der Waals surface area (Å²) in [5.74, 6) is -2.46. The van der Waals surface area contributed by atoms with E-state index in [0.29, 0.717) is 12.8 Å². The van der Waals surface area contributed by atoms with Crippen molar-refractivity contribution in [1.29, 1.82) is 0 Å². The first-order valence-electron chi connectivity index (χ1n) is 26.0. The summed E-state index contributed by atoms with van der Waals surface area (Å²) in [7, 11) is 0. The third-order valence-corrected chi connectivity index (χ3v) is 11.5. The molecule has 11 nitrogen and oxygen atoms in total. The number of aliphatic hydroxyl groups excluding tert-OH is 3. The Hall–Kier alpha value is -3.35. The molecule has 11 heteroatoms. The highest BCUT2D eigenvalue weighted by Gasteiger charge is 2.47. The van der Waals surface area contributed by atoms with Gasteiger partial charge in [0.25, 0.3) is 0 Å². The van der Waals surface area contributed by atoms with Crippen LogP contribution in [-0.4, -0.2) is 88.4 Å². The first kappa shape index (κ1) is 60.7. The second kappa shape index (κ2) is 44.2. The van der Waals surface area contributed by atoms with Gasteiger partial charge in [-0.05, 0) is 83.5 Å². The Morgan fingerprint density at radius 2 is 0.894 bits per heavy atom. The van der Waals surface area contributed by atoms with Crippen LogP contribution in [0.3, 0.4) is 0 Å². The minimum atomic E-state index is -1.87. The van der Waals surface area contributed by atoms with Crippen molar-refractivity contribution in [1.82, 2.24) is 0 Å². The first-order chi connectivity index (χ1) is 32.2. The summed E-state index contributed by atoms with van der Waals surface area (Å²) in [4.78, 5) is 37.0. The van der Waals surface area contributed by atoms with E-state index in [-0.39, 0.29) is 19.4 Å². The standard InChI is InChI=1S/C55H92O11/c1-3-5-7-9-11-13-15-17-19-21-22-23-24-25-26-28-29-31-33-35-37-39-41-43-48(56)63-45-47(46-64-55-52(60)50(58)51(59)53(66-55)54(61)62)65-49(57)44-42-40-38-36-34-32-30-27-20-18-16-14-12-10-8-6-4-2/h5,7,11-14,17-20,22-23,47,50-53,55,58-60H,3-4,6,8-10,15-16,21,24-46H2,1-2H3,(H,61,62)/b7-5-,13-11-,14-12-,19-17-,20-18-,23-22-. The molecule has 6 unspecified atom stereocenters. The predicted molar refractivity (Wildman–Crippen MR) is 266 cm³/mol. The molecule has 0 spiro atoms. The molecule has 1 saturated heterocycles. The van der Waals surface area contributed by atoms with E-state index in [1.807, 2.05) is 0 Å². The first-order valence-corrected chi connectivity index (χ1v) is 26.0. The lowest BCUT2D eigenvalue weighted by molar-refractivity contribution is -0.298. The van der Waals surface area contributed by atoms with Gasteiger partial charge in [-0.15, -0.1) is 0 Å². The molecule has 0 aromatic rings. The van der Waals surface area contributed by atoms with E-state index < -0.39 is 61.3 Å². The monoisotopic (exact) mass is 929 g/mol. The Labute approximate surface area is 399 Å². The molecule has 1 aliphatic heterocycles. The number of esters is 2. The van der Waals surface area contributed by atoms with E-state index in [4.69, 9.17) is 18.9 Å². The summed E-state index contributed by atoms with van der Waals surface area (Å²) in [5, 5.41) is 40.0. The van der Waals surface area contributed by atoms with E-state index in [9.17, 15) is 34.8 Å². The molecule has 0 bridgehead atoms. The average Bonchev–Trinajstić information content (AvgIpc) is 3.30. The summed E-state index contributed by atoms with van der Waals surface area (Å²) in [6, 6.07) is 0. The van der Waals surface area contributed by atoms with Gasteiger partial charge in [0.2, 0.25) is 0 Å². The number of hydrogen-bond donors (Lipinski definition) is 4. The van der Waals surface area contributed by atoms with E-state index in [1.165, 1.54) is 77.0 Å². The Morgan fingerprint density at radius 1 is 0.485 bits per heavy atom. The maximum atomic E-state index is 12.8. The molecular formula is C55H92O11. The van der Waals surface area contributed by atoms with Gasteiger partial charge >= 0.3 is 17.9 Å². The molecule has 0 aliphatic carbocycles. The van der Waals surface area contributed by atoms with Gasteiger partial charge in [-0.2, -0.15) is 0 Å². The zero-order valence-corrected chi connectivity index (χ0v) is 41.2. The number of aliphatic hydroxyl groups is 3. The van der Waals surface area contributed by atoms with Crippen molar-refractivity contribution in [2.75, 3.05) is 13.2 Å². The third kappa shape index (κ3) is 34.9. The number of carboxylic acid groups (broad SMARTS) is 1. The smallest absolute Gasteiger partial charge is 0.335 e. The Morgan fingerprint density at radius 3 is 1.35 bits per heavy atom. The molecule has 6 atom stereocenters. The second-order valence-corrected chi connectivity index (χ2v) is 17.6. The maximum Gasteiger partial charge on any atom is 0.335 e. The summed E-state index contributed by atoms with van der Waals surface area (Å²) in [5.41, 5.74) is 0. The number of rotatable bonds is 43. The van der Waals surface area contributed by atoms with Gasteiger partial charge in [0.05, 0.1) is 6.61 Å². The van der Waals surface area contributed by atoms with Gasteiger partial charge < -0.3 is 39.4 Å². The van der Waals surface area contributed by atoms with Gasteiger partial charge in [-0.3, -0.25) is 9.59 Å². The Kier molecular flexibility index (Phi) is 40.6. The highest BCUT2D eigenvalue weighted by molar-refractivity contribution is 5.73. The minimum Gasteiger partial charge on any atom is -0.479 e. The summed E-state index contributed by atoms with van der Waals surface area (Å²) < 4.78 is 21.8. The number of unbranched alkanes of at least 4 members (excludes halogenated alkanes) is 20. The Balaban J connectivity index is 2.29. The normalized spacial score (nSPS) is 19.7. The fraction of sp³-hybridized carbons (Fsp3) is 0.727. The maximum absolute atomic E-state index is 12.8. The van der Waals surface area contributed by atoms with Gasteiger partial charge in [0.15, 0.2) is 18.5 Å². The summed E-state index contributed by atoms with van der Waals surface area (Å²) >= 11 is 0. The molecule has 1 heterocycles.